The molecule has 16 heavy (non-hydrogen) atoms. The summed E-state index contributed by atoms with van der Waals surface area (Å²) in [5.74, 6) is -0.731. The van der Waals surface area contributed by atoms with Gasteiger partial charge in [-0.25, -0.2) is 0 Å². The van der Waals surface area contributed by atoms with Crippen LogP contribution in [0.1, 0.15) is 36.9 Å². The zero-order valence-electron chi connectivity index (χ0n) is 9.86. The second kappa shape index (κ2) is 6.28. The summed E-state index contributed by atoms with van der Waals surface area (Å²) >= 11 is 0. The molecule has 1 aromatic rings. The van der Waals surface area contributed by atoms with Crippen LogP contribution in [0.2, 0.25) is 0 Å². The number of aliphatic carboxylic acids is 1. The van der Waals surface area contributed by atoms with Gasteiger partial charge in [0.25, 0.3) is 0 Å². The maximum absolute atomic E-state index is 10.3. The lowest BCUT2D eigenvalue weighted by atomic mass is 10.1. The van der Waals surface area contributed by atoms with Gasteiger partial charge in [-0.05, 0) is 32.4 Å². The molecule has 88 valence electrons. The first-order valence-corrected chi connectivity index (χ1v) is 5.61. The summed E-state index contributed by atoms with van der Waals surface area (Å²) in [6.45, 7) is 4.90. The van der Waals surface area contributed by atoms with Crippen molar-refractivity contribution in [2.45, 2.75) is 32.7 Å². The van der Waals surface area contributed by atoms with Crippen molar-refractivity contribution in [3.63, 3.8) is 0 Å². The van der Waals surface area contributed by atoms with Crippen molar-refractivity contribution in [3.05, 3.63) is 35.4 Å². The molecule has 0 aliphatic heterocycles. The van der Waals surface area contributed by atoms with E-state index in [2.05, 4.69) is 37.4 Å². The van der Waals surface area contributed by atoms with Crippen molar-refractivity contribution >= 4 is 5.97 Å². The van der Waals surface area contributed by atoms with E-state index in [1.165, 1.54) is 11.1 Å². The number of aryl methyl sites for hydroxylation is 1. The van der Waals surface area contributed by atoms with Gasteiger partial charge in [0.15, 0.2) is 0 Å². The number of carbonyl (C=O) groups is 1. The average molecular weight is 221 g/mol. The number of hydrogen-bond acceptors (Lipinski definition) is 2. The third kappa shape index (κ3) is 4.45. The molecule has 1 atom stereocenters. The Bertz CT molecular complexity index is 350. The lowest BCUT2D eigenvalue weighted by Crippen LogP contribution is -2.20. The highest BCUT2D eigenvalue weighted by molar-refractivity contribution is 5.66. The predicted octanol–water partition coefficient (Wildman–Crippen LogP) is 2.51. The molecule has 2 N–H and O–H groups in total. The van der Waals surface area contributed by atoms with Crippen LogP contribution in [0.25, 0.3) is 0 Å². The summed E-state index contributed by atoms with van der Waals surface area (Å²) in [4.78, 5) is 10.3. The summed E-state index contributed by atoms with van der Waals surface area (Å²) in [6, 6.07) is 8.62. The first-order valence-electron chi connectivity index (χ1n) is 5.61. The molecule has 0 aromatic heterocycles. The monoisotopic (exact) mass is 221 g/mol. The molecule has 0 saturated carbocycles. The number of nitrogens with one attached hydrogen (secondary N) is 1. The lowest BCUT2D eigenvalue weighted by Gasteiger charge is -2.14. The van der Waals surface area contributed by atoms with Crippen LogP contribution in [0.3, 0.4) is 0 Å². The van der Waals surface area contributed by atoms with Crippen LogP contribution in [0.4, 0.5) is 0 Å². The molecule has 0 heterocycles. The number of hydrogen-bond donors (Lipinski definition) is 2. The fourth-order valence-corrected chi connectivity index (χ4v) is 1.62. The number of carboxylic acids is 1. The van der Waals surface area contributed by atoms with E-state index in [1.807, 2.05) is 6.07 Å². The van der Waals surface area contributed by atoms with Gasteiger partial charge in [-0.2, -0.15) is 0 Å². The Kier molecular flexibility index (Phi) is 4.99. The minimum absolute atomic E-state index is 0.230. The molecule has 1 unspecified atom stereocenters. The maximum Gasteiger partial charge on any atom is 0.303 e. The molecular weight excluding hydrogens is 202 g/mol. The Balaban J connectivity index is 2.35. The molecule has 0 radical (unpaired) electrons. The molecule has 0 aliphatic carbocycles. The molecule has 0 fully saturated rings. The highest BCUT2D eigenvalue weighted by atomic mass is 16.4. The van der Waals surface area contributed by atoms with Crippen LogP contribution < -0.4 is 5.32 Å². The zero-order valence-corrected chi connectivity index (χ0v) is 9.86. The van der Waals surface area contributed by atoms with Gasteiger partial charge in [0, 0.05) is 12.5 Å². The highest BCUT2D eigenvalue weighted by Gasteiger charge is 2.04. The van der Waals surface area contributed by atoms with Gasteiger partial charge >= 0.3 is 5.97 Å². The van der Waals surface area contributed by atoms with E-state index in [9.17, 15) is 4.79 Å². The average Bonchev–Trinajstić information content (AvgIpc) is 2.24. The fraction of sp³-hybridized carbons (Fsp3) is 0.462. The molecule has 0 bridgehead atoms. The Labute approximate surface area is 96.5 Å². The van der Waals surface area contributed by atoms with Gasteiger partial charge in [-0.1, -0.05) is 29.8 Å². The van der Waals surface area contributed by atoms with E-state index in [-0.39, 0.29) is 12.5 Å². The minimum atomic E-state index is -0.731. The summed E-state index contributed by atoms with van der Waals surface area (Å²) in [5.41, 5.74) is 2.49. The molecule has 0 aliphatic rings. The van der Waals surface area contributed by atoms with E-state index in [0.717, 1.165) is 6.54 Å². The van der Waals surface area contributed by atoms with Crippen molar-refractivity contribution in [1.29, 1.82) is 0 Å². The SMILES string of the molecule is Cc1cccc(C(C)NCCCC(=O)O)c1. The third-order valence-electron chi connectivity index (χ3n) is 2.56. The molecule has 1 rings (SSSR count). The molecule has 1 aromatic carbocycles. The van der Waals surface area contributed by atoms with E-state index in [0.29, 0.717) is 6.42 Å². The fourth-order valence-electron chi connectivity index (χ4n) is 1.62. The number of carboxylic acid groups (broad SMARTS) is 1. The third-order valence-corrected chi connectivity index (χ3v) is 2.56. The van der Waals surface area contributed by atoms with E-state index < -0.39 is 5.97 Å². The van der Waals surface area contributed by atoms with Gasteiger partial charge < -0.3 is 10.4 Å². The van der Waals surface area contributed by atoms with Gasteiger partial charge in [-0.15, -0.1) is 0 Å². The summed E-state index contributed by atoms with van der Waals surface area (Å²) in [6.07, 6.45) is 0.902. The Morgan fingerprint density at radius 1 is 1.50 bits per heavy atom. The second-order valence-electron chi connectivity index (χ2n) is 4.09. The van der Waals surface area contributed by atoms with Crippen molar-refractivity contribution in [1.82, 2.24) is 5.32 Å². The molecule has 0 saturated heterocycles. The Morgan fingerprint density at radius 2 is 2.25 bits per heavy atom. The van der Waals surface area contributed by atoms with Crippen LogP contribution in [-0.4, -0.2) is 17.6 Å². The highest BCUT2D eigenvalue weighted by Crippen LogP contribution is 2.13. The van der Waals surface area contributed by atoms with Crippen LogP contribution >= 0.6 is 0 Å². The lowest BCUT2D eigenvalue weighted by molar-refractivity contribution is -0.137. The van der Waals surface area contributed by atoms with Gasteiger partial charge in [-0.3, -0.25) is 4.79 Å². The first kappa shape index (κ1) is 12.7. The van der Waals surface area contributed by atoms with Gasteiger partial charge in [0.05, 0.1) is 0 Å². The van der Waals surface area contributed by atoms with Crippen LogP contribution in [0.5, 0.6) is 0 Å². The normalized spacial score (nSPS) is 12.4. The molecule has 3 heteroatoms. The standard InChI is InChI=1S/C13H19NO2/c1-10-5-3-6-12(9-10)11(2)14-8-4-7-13(15)16/h3,5-6,9,11,14H,4,7-8H2,1-2H3,(H,15,16). The Morgan fingerprint density at radius 3 is 2.88 bits per heavy atom. The molecule has 0 spiro atoms. The quantitative estimate of drug-likeness (QED) is 0.726. The number of rotatable bonds is 6. The van der Waals surface area contributed by atoms with Gasteiger partial charge in [0.1, 0.15) is 0 Å². The predicted molar refractivity (Wildman–Crippen MR) is 64.5 cm³/mol. The molecule has 0 amide bonds. The van der Waals surface area contributed by atoms with E-state index in [4.69, 9.17) is 5.11 Å². The molecular formula is C13H19NO2. The molecule has 3 nitrogen and oxygen atoms in total. The second-order valence-corrected chi connectivity index (χ2v) is 4.09. The van der Waals surface area contributed by atoms with Crippen LogP contribution in [0.15, 0.2) is 24.3 Å². The van der Waals surface area contributed by atoms with Crippen molar-refractivity contribution < 1.29 is 9.90 Å². The van der Waals surface area contributed by atoms with E-state index >= 15 is 0 Å². The summed E-state index contributed by atoms with van der Waals surface area (Å²) < 4.78 is 0. The smallest absolute Gasteiger partial charge is 0.303 e. The Hall–Kier alpha value is -1.35. The minimum Gasteiger partial charge on any atom is -0.481 e. The topological polar surface area (TPSA) is 49.3 Å². The van der Waals surface area contributed by atoms with Crippen molar-refractivity contribution in [3.8, 4) is 0 Å². The largest absolute Gasteiger partial charge is 0.481 e. The maximum atomic E-state index is 10.3. The number of benzene rings is 1. The van der Waals surface area contributed by atoms with Crippen molar-refractivity contribution in [2.75, 3.05) is 6.54 Å². The van der Waals surface area contributed by atoms with Crippen LogP contribution in [-0.2, 0) is 4.79 Å². The van der Waals surface area contributed by atoms with Gasteiger partial charge in [0.2, 0.25) is 0 Å². The van der Waals surface area contributed by atoms with Crippen molar-refractivity contribution in [2.24, 2.45) is 0 Å². The summed E-state index contributed by atoms with van der Waals surface area (Å²) in [7, 11) is 0. The zero-order chi connectivity index (χ0) is 12.0. The van der Waals surface area contributed by atoms with E-state index in [1.54, 1.807) is 0 Å². The first-order chi connectivity index (χ1) is 7.59. The summed E-state index contributed by atoms with van der Waals surface area (Å²) in [5, 5.41) is 11.8. The van der Waals surface area contributed by atoms with Crippen LogP contribution in [0, 0.1) is 6.92 Å².